The number of hydrogen-bond donors (Lipinski definition) is 2. The summed E-state index contributed by atoms with van der Waals surface area (Å²) in [7, 11) is 0. The van der Waals surface area contributed by atoms with Crippen LogP contribution < -0.4 is 10.6 Å². The molecule has 2 aromatic rings. The van der Waals surface area contributed by atoms with Crippen molar-refractivity contribution in [3.63, 3.8) is 0 Å². The third-order valence-electron chi connectivity index (χ3n) is 5.00. The van der Waals surface area contributed by atoms with Crippen LogP contribution in [0.15, 0.2) is 23.6 Å². The quantitative estimate of drug-likeness (QED) is 0.618. The second-order valence-electron chi connectivity index (χ2n) is 6.83. The lowest BCUT2D eigenvalue weighted by molar-refractivity contribution is 0.168. The van der Waals surface area contributed by atoms with Gasteiger partial charge < -0.3 is 5.32 Å². The zero-order valence-corrected chi connectivity index (χ0v) is 19.5. The van der Waals surface area contributed by atoms with Crippen LogP contribution in [0.25, 0.3) is 0 Å². The molecule has 0 bridgehead atoms. The molecule has 0 saturated carbocycles. The minimum absolute atomic E-state index is 0. The van der Waals surface area contributed by atoms with Crippen LogP contribution in [0.1, 0.15) is 24.1 Å². The molecule has 0 spiro atoms. The van der Waals surface area contributed by atoms with E-state index in [-0.39, 0.29) is 30.8 Å². The monoisotopic (exact) mass is 497 g/mol. The number of hydrogen-bond acceptors (Lipinski definition) is 5. The fourth-order valence-corrected chi connectivity index (χ4v) is 4.71. The largest absolute Gasteiger partial charge is 0.334 e. The van der Waals surface area contributed by atoms with E-state index in [9.17, 15) is 4.79 Å². The Morgan fingerprint density at radius 2 is 2.03 bits per heavy atom. The van der Waals surface area contributed by atoms with E-state index in [4.69, 9.17) is 23.2 Å². The first kappa shape index (κ1) is 24.5. The standard InChI is InChI=1S/C18H21Cl2N5OS.2ClH/c19-14-4-3-12(8-15(14)20)9-21-17(26)23-18-22-13(11-27-18)10-25-7-6-24-5-1-2-16(24)25;;/h3-4,8,11,16H,1-2,5-7,9-10H2,(H2,21,22,23,26);2*1H. The second kappa shape index (κ2) is 11.0. The van der Waals surface area contributed by atoms with Crippen LogP contribution in [-0.2, 0) is 13.1 Å². The number of aromatic nitrogens is 1. The lowest BCUT2D eigenvalue weighted by Gasteiger charge is -2.23. The van der Waals surface area contributed by atoms with Gasteiger partial charge in [-0.2, -0.15) is 0 Å². The number of nitrogens with zero attached hydrogens (tertiary/aromatic N) is 3. The third kappa shape index (κ3) is 6.10. The topological polar surface area (TPSA) is 60.5 Å². The third-order valence-corrected chi connectivity index (χ3v) is 6.55. The Morgan fingerprint density at radius 1 is 1.21 bits per heavy atom. The molecule has 2 N–H and O–H groups in total. The summed E-state index contributed by atoms with van der Waals surface area (Å²) < 4.78 is 0. The van der Waals surface area contributed by atoms with Gasteiger partial charge >= 0.3 is 6.03 Å². The number of carbonyl (C=O) groups is 1. The van der Waals surface area contributed by atoms with Crippen molar-refractivity contribution in [3.8, 4) is 0 Å². The molecule has 160 valence electrons. The van der Waals surface area contributed by atoms with Gasteiger partial charge in [-0.1, -0.05) is 29.3 Å². The molecule has 2 amide bonds. The molecule has 1 atom stereocenters. The van der Waals surface area contributed by atoms with Gasteiger partial charge in [0, 0.05) is 31.6 Å². The molecule has 4 rings (SSSR count). The summed E-state index contributed by atoms with van der Waals surface area (Å²) in [5, 5.41) is 9.21. The average molecular weight is 499 g/mol. The molecule has 2 fully saturated rings. The predicted molar refractivity (Wildman–Crippen MR) is 124 cm³/mol. The van der Waals surface area contributed by atoms with Crippen molar-refractivity contribution < 1.29 is 4.79 Å². The normalized spacial score (nSPS) is 18.6. The molecule has 6 nitrogen and oxygen atoms in total. The van der Waals surface area contributed by atoms with Crippen LogP contribution in [0.3, 0.4) is 0 Å². The van der Waals surface area contributed by atoms with E-state index in [1.54, 1.807) is 12.1 Å². The van der Waals surface area contributed by atoms with Gasteiger partial charge in [0.15, 0.2) is 5.13 Å². The van der Waals surface area contributed by atoms with E-state index < -0.39 is 0 Å². The molecular formula is C18H23Cl4N5OS. The lowest BCUT2D eigenvalue weighted by Crippen LogP contribution is -2.33. The van der Waals surface area contributed by atoms with Gasteiger partial charge in [0.1, 0.15) is 0 Å². The van der Waals surface area contributed by atoms with Gasteiger partial charge in [-0.05, 0) is 37.1 Å². The summed E-state index contributed by atoms with van der Waals surface area (Å²) in [5.41, 5.74) is 1.89. The van der Waals surface area contributed by atoms with E-state index in [2.05, 4.69) is 25.4 Å². The summed E-state index contributed by atoms with van der Waals surface area (Å²) >= 11 is 13.3. The molecule has 2 saturated heterocycles. The van der Waals surface area contributed by atoms with Gasteiger partial charge in [0.2, 0.25) is 0 Å². The summed E-state index contributed by atoms with van der Waals surface area (Å²) in [6.07, 6.45) is 3.09. The Balaban J connectivity index is 0.00000150. The van der Waals surface area contributed by atoms with Crippen molar-refractivity contribution in [1.82, 2.24) is 20.1 Å². The number of rotatable bonds is 5. The van der Waals surface area contributed by atoms with Gasteiger partial charge in [0.05, 0.1) is 21.9 Å². The zero-order valence-electron chi connectivity index (χ0n) is 15.6. The SMILES string of the molecule is Cl.Cl.O=C(NCc1ccc(Cl)c(Cl)c1)Nc1nc(CN2CCN3CCCC32)cs1. The molecule has 1 aromatic heterocycles. The lowest BCUT2D eigenvalue weighted by atomic mass is 10.2. The zero-order chi connectivity index (χ0) is 18.8. The molecule has 0 radical (unpaired) electrons. The summed E-state index contributed by atoms with van der Waals surface area (Å²) in [6.45, 7) is 4.66. The molecule has 2 aliphatic heterocycles. The van der Waals surface area contributed by atoms with Crippen LogP contribution in [0.5, 0.6) is 0 Å². The summed E-state index contributed by atoms with van der Waals surface area (Å²) in [4.78, 5) is 21.7. The molecule has 11 heteroatoms. The summed E-state index contributed by atoms with van der Waals surface area (Å²) in [5.74, 6) is 0. The number of amides is 2. The van der Waals surface area contributed by atoms with Crippen LogP contribution in [0, 0.1) is 0 Å². The fraction of sp³-hybridized carbons (Fsp3) is 0.444. The molecule has 1 unspecified atom stereocenters. The van der Waals surface area contributed by atoms with E-state index in [0.717, 1.165) is 30.9 Å². The molecule has 0 aliphatic carbocycles. The number of thiazole rings is 1. The smallest absolute Gasteiger partial charge is 0.321 e. The molecular weight excluding hydrogens is 476 g/mol. The Morgan fingerprint density at radius 3 is 2.83 bits per heavy atom. The maximum Gasteiger partial charge on any atom is 0.321 e. The maximum absolute atomic E-state index is 12.1. The molecule has 2 aliphatic rings. The average Bonchev–Trinajstić information content (AvgIpc) is 3.35. The van der Waals surface area contributed by atoms with Crippen LogP contribution in [0.4, 0.5) is 9.93 Å². The highest BCUT2D eigenvalue weighted by Crippen LogP contribution is 2.28. The van der Waals surface area contributed by atoms with Crippen LogP contribution in [-0.4, -0.2) is 46.6 Å². The van der Waals surface area contributed by atoms with Gasteiger partial charge in [0.25, 0.3) is 0 Å². The number of nitrogens with one attached hydrogen (secondary N) is 2. The van der Waals surface area contributed by atoms with Crippen molar-refractivity contribution in [2.45, 2.75) is 32.1 Å². The first-order chi connectivity index (χ1) is 13.1. The first-order valence-electron chi connectivity index (χ1n) is 9.00. The maximum atomic E-state index is 12.1. The van der Waals surface area contributed by atoms with Crippen molar-refractivity contribution in [2.24, 2.45) is 0 Å². The van der Waals surface area contributed by atoms with Crippen molar-refractivity contribution in [1.29, 1.82) is 0 Å². The highest BCUT2D eigenvalue weighted by atomic mass is 35.5. The Bertz CT molecular complexity index is 836. The van der Waals surface area contributed by atoms with Gasteiger partial charge in [-0.15, -0.1) is 36.2 Å². The van der Waals surface area contributed by atoms with E-state index in [1.807, 2.05) is 11.4 Å². The van der Waals surface area contributed by atoms with E-state index in [1.165, 1.54) is 30.7 Å². The van der Waals surface area contributed by atoms with Crippen molar-refractivity contribution >= 4 is 70.5 Å². The van der Waals surface area contributed by atoms with Crippen molar-refractivity contribution in [2.75, 3.05) is 25.0 Å². The molecule has 29 heavy (non-hydrogen) atoms. The number of benzene rings is 1. The summed E-state index contributed by atoms with van der Waals surface area (Å²) in [6, 6.07) is 5.01. The van der Waals surface area contributed by atoms with Gasteiger partial charge in [-0.3, -0.25) is 15.1 Å². The number of urea groups is 1. The number of fused-ring (bicyclic) bond motifs is 1. The predicted octanol–water partition coefficient (Wildman–Crippen LogP) is 4.85. The van der Waals surface area contributed by atoms with Crippen molar-refractivity contribution in [3.05, 3.63) is 44.9 Å². The molecule has 1 aromatic carbocycles. The number of anilines is 1. The Hall–Kier alpha value is -0.800. The minimum atomic E-state index is -0.287. The molecule has 3 heterocycles. The highest BCUT2D eigenvalue weighted by molar-refractivity contribution is 7.13. The van der Waals surface area contributed by atoms with Crippen LogP contribution >= 0.6 is 59.4 Å². The first-order valence-corrected chi connectivity index (χ1v) is 10.6. The second-order valence-corrected chi connectivity index (χ2v) is 8.50. The highest BCUT2D eigenvalue weighted by Gasteiger charge is 2.35. The number of carbonyl (C=O) groups excluding carboxylic acids is 1. The Labute approximate surface area is 196 Å². The minimum Gasteiger partial charge on any atom is -0.334 e. The fourth-order valence-electron chi connectivity index (χ4n) is 3.69. The number of halogens is 4. The van der Waals surface area contributed by atoms with Gasteiger partial charge in [-0.25, -0.2) is 9.78 Å². The Kier molecular flexibility index (Phi) is 9.28. The van der Waals surface area contributed by atoms with E-state index in [0.29, 0.717) is 27.9 Å². The van der Waals surface area contributed by atoms with E-state index >= 15 is 0 Å². The van der Waals surface area contributed by atoms with Crippen LogP contribution in [0.2, 0.25) is 10.0 Å².